The molecule has 2 aromatic heterocycles. The summed E-state index contributed by atoms with van der Waals surface area (Å²) in [6.45, 7) is 0. The first-order chi connectivity index (χ1) is 11.0. The second-order valence-electron chi connectivity index (χ2n) is 4.69. The molecule has 0 saturated carbocycles. The number of carboxylic acid groups (broad SMARTS) is 1. The van der Waals surface area contributed by atoms with Crippen molar-refractivity contribution in [3.63, 3.8) is 0 Å². The molecule has 0 aliphatic heterocycles. The number of aromatic nitrogens is 4. The van der Waals surface area contributed by atoms with Gasteiger partial charge in [0.05, 0.1) is 17.1 Å². The molecule has 0 fully saturated rings. The highest BCUT2D eigenvalue weighted by Crippen LogP contribution is 2.37. The van der Waals surface area contributed by atoms with Crippen molar-refractivity contribution in [2.45, 2.75) is 12.8 Å². The quantitative estimate of drug-likeness (QED) is 0.727. The Labute approximate surface area is 139 Å². The topological polar surface area (TPSA) is 80.4 Å². The molecule has 0 bridgehead atoms. The number of carbonyl (C=O) groups is 1. The van der Waals surface area contributed by atoms with Gasteiger partial charge in [0.25, 0.3) is 5.78 Å². The van der Waals surface area contributed by atoms with E-state index in [1.807, 2.05) is 0 Å². The first-order valence-corrected chi connectivity index (χ1v) is 7.29. The number of carboxylic acids is 1. The largest absolute Gasteiger partial charge is 0.481 e. The van der Waals surface area contributed by atoms with Crippen LogP contribution in [0.5, 0.6) is 0 Å². The number of hydrogen-bond acceptors (Lipinski definition) is 4. The Kier molecular flexibility index (Phi) is 4.14. The van der Waals surface area contributed by atoms with Crippen LogP contribution in [0.25, 0.3) is 16.9 Å². The lowest BCUT2D eigenvalue weighted by molar-refractivity contribution is -0.136. The van der Waals surface area contributed by atoms with Gasteiger partial charge in [-0.05, 0) is 12.1 Å². The molecule has 1 aromatic carbocycles. The van der Waals surface area contributed by atoms with Gasteiger partial charge in [-0.25, -0.2) is 8.91 Å². The highest BCUT2D eigenvalue weighted by Gasteiger charge is 2.22. The molecule has 118 valence electrons. The summed E-state index contributed by atoms with van der Waals surface area (Å²) in [6, 6.07) is 4.22. The molecule has 0 aliphatic rings. The van der Waals surface area contributed by atoms with Crippen LogP contribution in [-0.2, 0) is 11.2 Å². The van der Waals surface area contributed by atoms with Gasteiger partial charge in [0.2, 0.25) is 0 Å². The van der Waals surface area contributed by atoms with Gasteiger partial charge < -0.3 is 5.11 Å². The van der Waals surface area contributed by atoms with E-state index in [2.05, 4.69) is 15.1 Å². The molecule has 6 nitrogen and oxygen atoms in total. The van der Waals surface area contributed by atoms with Crippen LogP contribution in [0.3, 0.4) is 0 Å². The van der Waals surface area contributed by atoms with Crippen molar-refractivity contribution in [2.75, 3.05) is 0 Å². The molecule has 0 radical (unpaired) electrons. The van der Waals surface area contributed by atoms with Crippen LogP contribution in [0, 0.1) is 5.82 Å². The molecule has 0 unspecified atom stereocenters. The van der Waals surface area contributed by atoms with E-state index in [9.17, 15) is 9.18 Å². The standard InChI is InChI=1S/C14H9Cl2FN4O2/c15-7-2-1-3-8(17)11(7)12-9(4-5-10(22)23)21-14(18-6-19-21)20-13(12)16/h1-3,6H,4-5H2,(H,22,23). The summed E-state index contributed by atoms with van der Waals surface area (Å²) in [6.07, 6.45) is 1.14. The average Bonchev–Trinajstić information content (AvgIpc) is 2.93. The summed E-state index contributed by atoms with van der Waals surface area (Å²) < 4.78 is 15.6. The molecule has 0 saturated heterocycles. The maximum absolute atomic E-state index is 14.3. The van der Waals surface area contributed by atoms with Crippen molar-refractivity contribution in [3.8, 4) is 11.1 Å². The van der Waals surface area contributed by atoms with E-state index in [0.717, 1.165) is 0 Å². The minimum atomic E-state index is -1.00. The number of nitrogens with zero attached hydrogens (tertiary/aromatic N) is 4. The predicted molar refractivity (Wildman–Crippen MR) is 82.2 cm³/mol. The minimum Gasteiger partial charge on any atom is -0.481 e. The third-order valence-electron chi connectivity index (χ3n) is 3.27. The van der Waals surface area contributed by atoms with Crippen LogP contribution in [0.4, 0.5) is 4.39 Å². The maximum atomic E-state index is 14.3. The van der Waals surface area contributed by atoms with Crippen molar-refractivity contribution < 1.29 is 14.3 Å². The number of fused-ring (bicyclic) bond motifs is 1. The van der Waals surface area contributed by atoms with Crippen molar-refractivity contribution in [1.82, 2.24) is 19.6 Å². The highest BCUT2D eigenvalue weighted by atomic mass is 35.5. The van der Waals surface area contributed by atoms with E-state index in [4.69, 9.17) is 28.3 Å². The van der Waals surface area contributed by atoms with Gasteiger partial charge in [-0.2, -0.15) is 15.1 Å². The Morgan fingerprint density at radius 1 is 1.30 bits per heavy atom. The summed E-state index contributed by atoms with van der Waals surface area (Å²) in [5.41, 5.74) is 0.658. The number of benzene rings is 1. The number of aryl methyl sites for hydroxylation is 1. The zero-order valence-corrected chi connectivity index (χ0v) is 13.0. The smallest absolute Gasteiger partial charge is 0.303 e. The van der Waals surface area contributed by atoms with Crippen molar-refractivity contribution in [1.29, 1.82) is 0 Å². The molecular formula is C14H9Cl2FN4O2. The Hall–Kier alpha value is -2.25. The first-order valence-electron chi connectivity index (χ1n) is 6.53. The summed E-state index contributed by atoms with van der Waals surface area (Å²) in [4.78, 5) is 18.9. The number of rotatable bonds is 4. The Morgan fingerprint density at radius 2 is 2.09 bits per heavy atom. The van der Waals surface area contributed by atoms with Gasteiger partial charge in [-0.15, -0.1) is 0 Å². The monoisotopic (exact) mass is 354 g/mol. The maximum Gasteiger partial charge on any atom is 0.303 e. The molecule has 0 amide bonds. The van der Waals surface area contributed by atoms with Crippen molar-refractivity contribution in [2.24, 2.45) is 0 Å². The van der Waals surface area contributed by atoms with E-state index >= 15 is 0 Å². The lowest BCUT2D eigenvalue weighted by Gasteiger charge is -2.14. The fraction of sp³-hybridized carbons (Fsp3) is 0.143. The lowest BCUT2D eigenvalue weighted by Crippen LogP contribution is -2.08. The van der Waals surface area contributed by atoms with Crippen LogP contribution in [0.15, 0.2) is 24.5 Å². The van der Waals surface area contributed by atoms with Crippen LogP contribution in [-0.4, -0.2) is 30.7 Å². The second kappa shape index (κ2) is 6.10. The van der Waals surface area contributed by atoms with Crippen LogP contribution < -0.4 is 0 Å². The summed E-state index contributed by atoms with van der Waals surface area (Å²) in [5, 5.41) is 13.1. The molecule has 1 N–H and O–H groups in total. The fourth-order valence-corrected chi connectivity index (χ4v) is 2.85. The molecule has 0 aliphatic carbocycles. The zero-order valence-electron chi connectivity index (χ0n) is 11.5. The Bertz CT molecular complexity index is 893. The molecule has 3 rings (SSSR count). The zero-order chi connectivity index (χ0) is 16.6. The van der Waals surface area contributed by atoms with Crippen molar-refractivity contribution in [3.05, 3.63) is 46.2 Å². The van der Waals surface area contributed by atoms with E-state index in [1.165, 1.54) is 29.0 Å². The number of hydrogen-bond donors (Lipinski definition) is 1. The summed E-state index contributed by atoms with van der Waals surface area (Å²) >= 11 is 12.3. The summed E-state index contributed by atoms with van der Waals surface area (Å²) in [7, 11) is 0. The number of halogens is 3. The van der Waals surface area contributed by atoms with Crippen molar-refractivity contribution >= 4 is 34.9 Å². The van der Waals surface area contributed by atoms with E-state index in [1.54, 1.807) is 0 Å². The third kappa shape index (κ3) is 2.85. The Balaban J connectivity index is 2.32. The van der Waals surface area contributed by atoms with Crippen LogP contribution in [0.1, 0.15) is 12.1 Å². The fourth-order valence-electron chi connectivity index (χ4n) is 2.31. The Morgan fingerprint density at radius 3 is 2.78 bits per heavy atom. The number of aliphatic carboxylic acids is 1. The second-order valence-corrected chi connectivity index (χ2v) is 5.45. The molecule has 0 spiro atoms. The molecule has 9 heteroatoms. The lowest BCUT2D eigenvalue weighted by atomic mass is 10.0. The molecule has 3 aromatic rings. The molecule has 23 heavy (non-hydrogen) atoms. The van der Waals surface area contributed by atoms with E-state index < -0.39 is 11.8 Å². The van der Waals surface area contributed by atoms with Gasteiger partial charge in [-0.1, -0.05) is 29.3 Å². The van der Waals surface area contributed by atoms with Gasteiger partial charge in [0.15, 0.2) is 0 Å². The van der Waals surface area contributed by atoms with Gasteiger partial charge in [0, 0.05) is 17.5 Å². The average molecular weight is 355 g/mol. The minimum absolute atomic E-state index is 0.0158. The molecule has 2 heterocycles. The predicted octanol–water partition coefficient (Wildman–Crippen LogP) is 3.25. The SMILES string of the molecule is O=C(O)CCc1c(-c2c(F)cccc2Cl)c(Cl)nc2ncnn12. The van der Waals surface area contributed by atoms with Crippen LogP contribution >= 0.6 is 23.2 Å². The van der Waals surface area contributed by atoms with Crippen LogP contribution in [0.2, 0.25) is 10.2 Å². The summed E-state index contributed by atoms with van der Waals surface area (Å²) in [5.74, 6) is -1.39. The van der Waals surface area contributed by atoms with E-state index in [0.29, 0.717) is 5.69 Å². The normalized spacial score (nSPS) is 11.1. The van der Waals surface area contributed by atoms with E-state index in [-0.39, 0.29) is 39.9 Å². The highest BCUT2D eigenvalue weighted by molar-refractivity contribution is 6.36. The van der Waals surface area contributed by atoms with Gasteiger partial charge in [0.1, 0.15) is 17.3 Å². The van der Waals surface area contributed by atoms with Gasteiger partial charge >= 0.3 is 5.97 Å². The molecular weight excluding hydrogens is 346 g/mol. The first kappa shape index (κ1) is 15.6. The van der Waals surface area contributed by atoms with Gasteiger partial charge in [-0.3, -0.25) is 4.79 Å². The third-order valence-corrected chi connectivity index (χ3v) is 3.86. The molecule has 0 atom stereocenters.